The molecule has 0 bridgehead atoms. The van der Waals surface area contributed by atoms with Gasteiger partial charge in [0.2, 0.25) is 0 Å². The number of rotatable bonds is 2. The molecular formula is C19H15ClFN3O2. The van der Waals surface area contributed by atoms with Gasteiger partial charge in [0.15, 0.2) is 12.2 Å². The molecule has 1 aliphatic carbocycles. The zero-order valence-corrected chi connectivity index (χ0v) is 14.4. The largest absolute Gasteiger partial charge is 0.870 e. The van der Waals surface area contributed by atoms with E-state index in [9.17, 15) is 9.18 Å². The molecule has 132 valence electrons. The lowest BCUT2D eigenvalue weighted by atomic mass is 10.1. The number of halogens is 2. The van der Waals surface area contributed by atoms with Crippen molar-refractivity contribution in [3.05, 3.63) is 69.9 Å². The van der Waals surface area contributed by atoms with Gasteiger partial charge in [0.25, 0.3) is 5.52 Å². The van der Waals surface area contributed by atoms with E-state index in [2.05, 4.69) is 5.10 Å². The summed E-state index contributed by atoms with van der Waals surface area (Å²) >= 11 is 5.94. The van der Waals surface area contributed by atoms with Gasteiger partial charge in [-0.25, -0.2) is 9.07 Å². The fourth-order valence-corrected chi connectivity index (χ4v) is 3.51. The van der Waals surface area contributed by atoms with Crippen LogP contribution in [0.1, 0.15) is 18.9 Å². The molecule has 5 nitrogen and oxygen atoms in total. The molecule has 7 heteroatoms. The average Bonchev–Trinajstić information content (AvgIpc) is 3.39. The highest BCUT2D eigenvalue weighted by atomic mass is 35.5. The van der Waals surface area contributed by atoms with Crippen molar-refractivity contribution in [1.29, 1.82) is 0 Å². The fraction of sp³-hybridized carbons (Fsp3) is 0.158. The SMILES string of the molecule is O=c1c2c([nH]n1-c1ccc(Cl)cc1)c1c(F)cccc1c[n+]2C1CC1.[OH-]. The standard InChI is InChI=1S/C19H13ClFN3O.H2O/c20-12-4-6-14(7-5-12)24-19(25)18-17(22-24)16-11(2-1-3-15(16)21)10-23(18)13-8-9-13;/h1-7,10,13H,8-9H2;1H2. The van der Waals surface area contributed by atoms with Gasteiger partial charge in [0.05, 0.1) is 16.5 Å². The Morgan fingerprint density at radius 2 is 1.88 bits per heavy atom. The molecule has 1 aliphatic rings. The third-order valence-electron chi connectivity index (χ3n) is 4.72. The summed E-state index contributed by atoms with van der Waals surface area (Å²) in [4.78, 5) is 13.1. The summed E-state index contributed by atoms with van der Waals surface area (Å²) in [5, 5.41) is 4.93. The van der Waals surface area contributed by atoms with E-state index in [4.69, 9.17) is 11.6 Å². The minimum Gasteiger partial charge on any atom is -0.870 e. The Hall–Kier alpha value is -2.70. The highest BCUT2D eigenvalue weighted by Gasteiger charge is 2.36. The molecule has 1 saturated carbocycles. The number of fused-ring (bicyclic) bond motifs is 3. The molecule has 4 aromatic rings. The van der Waals surface area contributed by atoms with E-state index in [1.807, 2.05) is 16.8 Å². The molecule has 0 atom stereocenters. The number of aromatic nitrogens is 3. The van der Waals surface area contributed by atoms with Crippen molar-refractivity contribution >= 4 is 33.4 Å². The van der Waals surface area contributed by atoms with E-state index in [0.717, 1.165) is 18.2 Å². The van der Waals surface area contributed by atoms with Crippen LogP contribution < -0.4 is 10.1 Å². The maximum absolute atomic E-state index is 14.5. The van der Waals surface area contributed by atoms with Gasteiger partial charge in [0.1, 0.15) is 11.3 Å². The Labute approximate surface area is 152 Å². The first kappa shape index (κ1) is 16.8. The van der Waals surface area contributed by atoms with Crippen LogP contribution in [0.25, 0.3) is 27.5 Å². The summed E-state index contributed by atoms with van der Waals surface area (Å²) in [5.41, 5.74) is 1.52. The molecule has 0 saturated heterocycles. The van der Waals surface area contributed by atoms with Crippen LogP contribution in [0.15, 0.2) is 53.5 Å². The van der Waals surface area contributed by atoms with Gasteiger partial charge in [-0.1, -0.05) is 17.7 Å². The van der Waals surface area contributed by atoms with E-state index in [1.165, 1.54) is 10.7 Å². The molecule has 5 rings (SSSR count). The number of pyridine rings is 1. The number of aromatic amines is 1. The lowest BCUT2D eigenvalue weighted by molar-refractivity contribution is -0.674. The molecule has 1 fully saturated rings. The Bertz CT molecular complexity index is 1190. The van der Waals surface area contributed by atoms with E-state index in [-0.39, 0.29) is 16.9 Å². The van der Waals surface area contributed by atoms with E-state index in [1.54, 1.807) is 30.3 Å². The van der Waals surface area contributed by atoms with Crippen LogP contribution in [0.2, 0.25) is 5.02 Å². The summed E-state index contributed by atoms with van der Waals surface area (Å²) in [7, 11) is 0. The normalized spacial score (nSPS) is 13.9. The number of hydrogen-bond donors (Lipinski definition) is 1. The van der Waals surface area contributed by atoms with Gasteiger partial charge in [-0.15, -0.1) is 0 Å². The first-order chi connectivity index (χ1) is 12.1. The van der Waals surface area contributed by atoms with E-state index >= 15 is 0 Å². The van der Waals surface area contributed by atoms with Crippen LogP contribution in [0.3, 0.4) is 0 Å². The van der Waals surface area contributed by atoms with Crippen molar-refractivity contribution in [2.75, 3.05) is 0 Å². The Morgan fingerprint density at radius 3 is 2.58 bits per heavy atom. The van der Waals surface area contributed by atoms with Gasteiger partial charge in [-0.05, 0) is 36.4 Å². The molecular weight excluding hydrogens is 357 g/mol. The van der Waals surface area contributed by atoms with Crippen molar-refractivity contribution < 1.29 is 14.4 Å². The monoisotopic (exact) mass is 371 g/mol. The Balaban J connectivity index is 0.00000168. The van der Waals surface area contributed by atoms with Crippen molar-refractivity contribution in [3.8, 4) is 5.69 Å². The van der Waals surface area contributed by atoms with Gasteiger partial charge in [0, 0.05) is 17.9 Å². The molecule has 0 unspecified atom stereocenters. The average molecular weight is 372 g/mol. The maximum Gasteiger partial charge on any atom is 0.344 e. The van der Waals surface area contributed by atoms with Crippen LogP contribution >= 0.6 is 11.6 Å². The number of benzene rings is 2. The third kappa shape index (κ3) is 2.41. The van der Waals surface area contributed by atoms with Gasteiger partial charge >= 0.3 is 5.56 Å². The van der Waals surface area contributed by atoms with Crippen molar-refractivity contribution in [3.63, 3.8) is 0 Å². The molecule has 0 radical (unpaired) electrons. The zero-order chi connectivity index (χ0) is 17.1. The molecule has 0 aliphatic heterocycles. The van der Waals surface area contributed by atoms with Crippen LogP contribution in [-0.2, 0) is 0 Å². The minimum absolute atomic E-state index is 0. The third-order valence-corrected chi connectivity index (χ3v) is 4.98. The highest BCUT2D eigenvalue weighted by Crippen LogP contribution is 2.32. The van der Waals surface area contributed by atoms with Gasteiger partial charge in [-0.3, -0.25) is 9.89 Å². The van der Waals surface area contributed by atoms with E-state index < -0.39 is 0 Å². The molecule has 2 aromatic heterocycles. The topological polar surface area (TPSA) is 71.7 Å². The quantitative estimate of drug-likeness (QED) is 0.545. The molecule has 0 spiro atoms. The number of nitrogens with zero attached hydrogens (tertiary/aromatic N) is 2. The Morgan fingerprint density at radius 1 is 1.15 bits per heavy atom. The second-order valence-corrected chi connectivity index (χ2v) is 6.86. The minimum atomic E-state index is -0.338. The zero-order valence-electron chi connectivity index (χ0n) is 13.6. The predicted molar refractivity (Wildman–Crippen MR) is 96.8 cm³/mol. The molecule has 0 amide bonds. The second-order valence-electron chi connectivity index (χ2n) is 6.42. The molecule has 2 heterocycles. The van der Waals surface area contributed by atoms with Gasteiger partial charge in [-0.2, -0.15) is 4.57 Å². The van der Waals surface area contributed by atoms with Crippen LogP contribution in [0.4, 0.5) is 4.39 Å². The smallest absolute Gasteiger partial charge is 0.344 e. The summed E-state index contributed by atoms with van der Waals surface area (Å²) < 4.78 is 17.9. The lowest BCUT2D eigenvalue weighted by Crippen LogP contribution is -2.36. The number of nitrogens with one attached hydrogen (secondary N) is 1. The van der Waals surface area contributed by atoms with Crippen LogP contribution in [-0.4, -0.2) is 15.3 Å². The maximum atomic E-state index is 14.5. The second kappa shape index (κ2) is 5.93. The Kier molecular flexibility index (Phi) is 3.82. The highest BCUT2D eigenvalue weighted by molar-refractivity contribution is 6.30. The predicted octanol–water partition coefficient (Wildman–Crippen LogP) is 3.71. The number of hydrogen-bond acceptors (Lipinski definition) is 2. The van der Waals surface area contributed by atoms with Crippen molar-refractivity contribution in [2.45, 2.75) is 18.9 Å². The van der Waals surface area contributed by atoms with Crippen molar-refractivity contribution in [1.82, 2.24) is 9.78 Å². The first-order valence-electron chi connectivity index (χ1n) is 8.16. The van der Waals surface area contributed by atoms with Crippen LogP contribution in [0, 0.1) is 5.82 Å². The summed E-state index contributed by atoms with van der Waals surface area (Å²) in [6.45, 7) is 0. The fourth-order valence-electron chi connectivity index (χ4n) is 3.38. The molecule has 26 heavy (non-hydrogen) atoms. The molecule has 2 N–H and O–H groups in total. The number of H-pyrrole nitrogens is 1. The van der Waals surface area contributed by atoms with Crippen LogP contribution in [0.5, 0.6) is 0 Å². The van der Waals surface area contributed by atoms with E-state index in [0.29, 0.717) is 33.2 Å². The van der Waals surface area contributed by atoms with Gasteiger partial charge < -0.3 is 5.48 Å². The summed E-state index contributed by atoms with van der Waals surface area (Å²) in [6.07, 6.45) is 3.96. The molecule has 2 aromatic carbocycles. The first-order valence-corrected chi connectivity index (χ1v) is 8.54. The summed E-state index contributed by atoms with van der Waals surface area (Å²) in [5.74, 6) is -0.338. The van der Waals surface area contributed by atoms with Crippen molar-refractivity contribution in [2.24, 2.45) is 0 Å². The summed E-state index contributed by atoms with van der Waals surface area (Å²) in [6, 6.07) is 12.3. The lowest BCUT2D eigenvalue weighted by Gasteiger charge is -2.01.